The molecule has 0 fully saturated rings. The Balaban J connectivity index is 2.19. The molecule has 2 rings (SSSR count). The van der Waals surface area contributed by atoms with Gasteiger partial charge in [0, 0.05) is 17.8 Å². The highest BCUT2D eigenvalue weighted by Gasteiger charge is 2.08. The number of alkyl halides is 1. The van der Waals surface area contributed by atoms with Crippen molar-refractivity contribution in [3.05, 3.63) is 59.9 Å². The quantitative estimate of drug-likeness (QED) is 0.846. The number of hydrogen-bond donors (Lipinski definition) is 1. The zero-order valence-electron chi connectivity index (χ0n) is 9.06. The molecular weight excluding hydrogens is 236 g/mol. The summed E-state index contributed by atoms with van der Waals surface area (Å²) in [4.78, 5) is 15.9. The van der Waals surface area contributed by atoms with E-state index in [4.69, 9.17) is 11.6 Å². The zero-order chi connectivity index (χ0) is 12.1. The molecule has 0 saturated heterocycles. The highest BCUT2D eigenvalue weighted by atomic mass is 35.5. The first-order valence-electron chi connectivity index (χ1n) is 5.17. The maximum atomic E-state index is 11.9. The van der Waals surface area contributed by atoms with Crippen molar-refractivity contribution in [3.8, 4) is 0 Å². The summed E-state index contributed by atoms with van der Waals surface area (Å²) in [5.41, 5.74) is 1.99. The predicted octanol–water partition coefficient (Wildman–Crippen LogP) is 3.07. The van der Waals surface area contributed by atoms with Crippen LogP contribution in [0, 0.1) is 0 Å². The summed E-state index contributed by atoms with van der Waals surface area (Å²) in [6.07, 6.45) is 1.59. The molecule has 0 atom stereocenters. The average molecular weight is 247 g/mol. The number of anilines is 1. The molecule has 1 amide bonds. The Morgan fingerprint density at radius 2 is 1.94 bits per heavy atom. The number of rotatable bonds is 3. The van der Waals surface area contributed by atoms with Gasteiger partial charge in [-0.15, -0.1) is 11.6 Å². The Labute approximate surface area is 104 Å². The minimum Gasteiger partial charge on any atom is -0.320 e. The van der Waals surface area contributed by atoms with E-state index in [0.717, 1.165) is 11.3 Å². The number of amides is 1. The molecule has 0 aliphatic carbocycles. The van der Waals surface area contributed by atoms with Gasteiger partial charge in [0.25, 0.3) is 5.91 Å². The Kier molecular flexibility index (Phi) is 3.73. The molecule has 0 aliphatic heterocycles. The van der Waals surface area contributed by atoms with Crippen molar-refractivity contribution >= 4 is 23.2 Å². The van der Waals surface area contributed by atoms with Crippen LogP contribution in [0.1, 0.15) is 16.1 Å². The van der Waals surface area contributed by atoms with Gasteiger partial charge in [-0.25, -0.2) is 0 Å². The fourth-order valence-electron chi connectivity index (χ4n) is 1.44. The summed E-state index contributed by atoms with van der Waals surface area (Å²) >= 11 is 5.79. The molecule has 0 radical (unpaired) electrons. The molecule has 1 aromatic heterocycles. The molecule has 0 spiro atoms. The normalized spacial score (nSPS) is 9.94. The summed E-state index contributed by atoms with van der Waals surface area (Å²) in [6.45, 7) is 0. The monoisotopic (exact) mass is 246 g/mol. The molecule has 1 heterocycles. The van der Waals surface area contributed by atoms with Crippen LogP contribution in [0.4, 0.5) is 5.69 Å². The lowest BCUT2D eigenvalue weighted by Gasteiger charge is -2.08. The molecule has 0 unspecified atom stereocenters. The maximum Gasteiger partial charge on any atom is 0.274 e. The number of hydrogen-bond acceptors (Lipinski definition) is 2. The largest absolute Gasteiger partial charge is 0.320 e. The molecule has 2 aromatic rings. The van der Waals surface area contributed by atoms with Crippen molar-refractivity contribution in [1.29, 1.82) is 0 Å². The van der Waals surface area contributed by atoms with E-state index in [0.29, 0.717) is 11.6 Å². The predicted molar refractivity (Wildman–Crippen MR) is 68.2 cm³/mol. The third-order valence-corrected chi connectivity index (χ3v) is 2.59. The Morgan fingerprint density at radius 3 is 2.65 bits per heavy atom. The number of benzene rings is 1. The number of carbonyl (C=O) groups is 1. The second kappa shape index (κ2) is 5.46. The number of nitrogens with one attached hydrogen (secondary N) is 1. The van der Waals surface area contributed by atoms with E-state index in [-0.39, 0.29) is 5.91 Å². The van der Waals surface area contributed by atoms with Crippen molar-refractivity contribution < 1.29 is 4.79 Å². The minimum atomic E-state index is -0.233. The lowest BCUT2D eigenvalue weighted by atomic mass is 10.2. The molecular formula is C13H11ClN2O. The summed E-state index contributed by atoms with van der Waals surface area (Å²) in [5.74, 6) is 0.127. The van der Waals surface area contributed by atoms with Gasteiger partial charge in [0.05, 0.1) is 0 Å². The summed E-state index contributed by atoms with van der Waals surface area (Å²) < 4.78 is 0. The maximum absolute atomic E-state index is 11.9. The zero-order valence-corrected chi connectivity index (χ0v) is 9.82. The van der Waals surface area contributed by atoms with Gasteiger partial charge < -0.3 is 5.32 Å². The second-order valence-electron chi connectivity index (χ2n) is 3.46. The first-order valence-corrected chi connectivity index (χ1v) is 5.71. The van der Waals surface area contributed by atoms with Crippen LogP contribution in [0.3, 0.4) is 0 Å². The third-order valence-electron chi connectivity index (χ3n) is 2.31. The smallest absolute Gasteiger partial charge is 0.274 e. The summed E-state index contributed by atoms with van der Waals surface area (Å²) in [6, 6.07) is 12.6. The minimum absolute atomic E-state index is 0.233. The Morgan fingerprint density at radius 1 is 1.18 bits per heavy atom. The molecule has 0 saturated carbocycles. The number of halogens is 1. The van der Waals surface area contributed by atoms with Crippen molar-refractivity contribution in [3.63, 3.8) is 0 Å². The summed E-state index contributed by atoms with van der Waals surface area (Å²) in [7, 11) is 0. The average Bonchev–Trinajstić information content (AvgIpc) is 2.40. The van der Waals surface area contributed by atoms with Gasteiger partial charge in [-0.2, -0.15) is 0 Å². The van der Waals surface area contributed by atoms with E-state index in [9.17, 15) is 4.79 Å². The second-order valence-corrected chi connectivity index (χ2v) is 3.73. The molecule has 0 bridgehead atoms. The Bertz CT molecular complexity index is 514. The van der Waals surface area contributed by atoms with Crippen LogP contribution >= 0.6 is 11.6 Å². The SMILES string of the molecule is O=C(Nc1ccccc1CCl)c1ccccn1. The van der Waals surface area contributed by atoms with Gasteiger partial charge in [0.15, 0.2) is 0 Å². The van der Waals surface area contributed by atoms with Crippen LogP contribution in [0.5, 0.6) is 0 Å². The van der Waals surface area contributed by atoms with E-state index in [1.165, 1.54) is 0 Å². The van der Waals surface area contributed by atoms with Crippen molar-refractivity contribution in [2.24, 2.45) is 0 Å². The van der Waals surface area contributed by atoms with Gasteiger partial charge in [0.1, 0.15) is 5.69 Å². The number of nitrogens with zero attached hydrogens (tertiary/aromatic N) is 1. The van der Waals surface area contributed by atoms with Gasteiger partial charge >= 0.3 is 0 Å². The molecule has 1 aromatic carbocycles. The lowest BCUT2D eigenvalue weighted by Crippen LogP contribution is -2.14. The first-order chi connectivity index (χ1) is 8.31. The van der Waals surface area contributed by atoms with Crippen LogP contribution in [-0.2, 0) is 5.88 Å². The van der Waals surface area contributed by atoms with Crippen molar-refractivity contribution in [2.45, 2.75) is 5.88 Å². The van der Waals surface area contributed by atoms with Gasteiger partial charge in [-0.1, -0.05) is 24.3 Å². The van der Waals surface area contributed by atoms with Gasteiger partial charge in [-0.05, 0) is 23.8 Å². The van der Waals surface area contributed by atoms with Crippen LogP contribution in [0.15, 0.2) is 48.7 Å². The topological polar surface area (TPSA) is 42.0 Å². The van der Waals surface area contributed by atoms with Crippen LogP contribution < -0.4 is 5.32 Å². The first kappa shape index (κ1) is 11.6. The highest BCUT2D eigenvalue weighted by Crippen LogP contribution is 2.17. The van der Waals surface area contributed by atoms with Crippen LogP contribution in [0.2, 0.25) is 0 Å². The van der Waals surface area contributed by atoms with Gasteiger partial charge in [0.2, 0.25) is 0 Å². The van der Waals surface area contributed by atoms with E-state index >= 15 is 0 Å². The fraction of sp³-hybridized carbons (Fsp3) is 0.0769. The van der Waals surface area contributed by atoms with E-state index < -0.39 is 0 Å². The summed E-state index contributed by atoms with van der Waals surface area (Å²) in [5, 5.41) is 2.79. The van der Waals surface area contributed by atoms with Crippen LogP contribution in [-0.4, -0.2) is 10.9 Å². The highest BCUT2D eigenvalue weighted by molar-refractivity contribution is 6.17. The molecule has 1 N–H and O–H groups in total. The third kappa shape index (κ3) is 2.82. The molecule has 3 nitrogen and oxygen atoms in total. The number of pyridine rings is 1. The van der Waals surface area contributed by atoms with Gasteiger partial charge in [-0.3, -0.25) is 9.78 Å². The number of para-hydroxylation sites is 1. The standard InChI is InChI=1S/C13H11ClN2O/c14-9-10-5-1-2-6-11(10)16-13(17)12-7-3-4-8-15-12/h1-8H,9H2,(H,16,17). The van der Waals surface area contributed by atoms with Crippen LogP contribution in [0.25, 0.3) is 0 Å². The lowest BCUT2D eigenvalue weighted by molar-refractivity contribution is 0.102. The fourth-order valence-corrected chi connectivity index (χ4v) is 1.68. The molecule has 4 heteroatoms. The van der Waals surface area contributed by atoms with Crippen molar-refractivity contribution in [1.82, 2.24) is 4.98 Å². The Hall–Kier alpha value is -1.87. The molecule has 86 valence electrons. The number of aromatic nitrogens is 1. The van der Waals surface area contributed by atoms with E-state index in [2.05, 4.69) is 10.3 Å². The van der Waals surface area contributed by atoms with Crippen molar-refractivity contribution in [2.75, 3.05) is 5.32 Å². The van der Waals surface area contributed by atoms with E-state index in [1.54, 1.807) is 24.4 Å². The number of carbonyl (C=O) groups excluding carboxylic acids is 1. The molecule has 17 heavy (non-hydrogen) atoms. The molecule has 0 aliphatic rings. The van der Waals surface area contributed by atoms with E-state index in [1.807, 2.05) is 24.3 Å².